The molecule has 0 aromatic heterocycles. The fourth-order valence-electron chi connectivity index (χ4n) is 6.45. The number of esters is 1. The standard InChI is InChI=1S/C30H42FN3O4/c1-5-36-28(35)29(4)10-12-34(13-11-29)24-15-30(38-32-24)17-33(18-30)16-22-14-23(20-6-7-20)25(21-8-9-21)26(31)27(22)37-19(2)3/h14,19-21H,5-13,15-18H2,1-4H3. The lowest BCUT2D eigenvalue weighted by molar-refractivity contribution is -0.156. The maximum Gasteiger partial charge on any atom is 0.311 e. The summed E-state index contributed by atoms with van der Waals surface area (Å²) in [6, 6.07) is 2.25. The molecule has 2 saturated carbocycles. The molecule has 7 nitrogen and oxygen atoms in total. The molecule has 0 unspecified atom stereocenters. The van der Waals surface area contributed by atoms with Crippen LogP contribution >= 0.6 is 0 Å². The highest BCUT2D eigenvalue weighted by Crippen LogP contribution is 2.52. The number of carbonyl (C=O) groups is 1. The Morgan fingerprint density at radius 2 is 1.87 bits per heavy atom. The SMILES string of the molecule is CCOC(=O)C1(C)CCN(C2=NOC3(C2)CN(Cc2cc(C4CC4)c(C4CC4)c(F)c2OC(C)C)C3)CC1. The first-order valence-electron chi connectivity index (χ1n) is 14.6. The minimum atomic E-state index is -0.420. The molecule has 2 saturated heterocycles. The molecule has 1 aromatic carbocycles. The van der Waals surface area contributed by atoms with Crippen LogP contribution in [-0.2, 0) is 20.9 Å². The number of piperidine rings is 1. The van der Waals surface area contributed by atoms with Gasteiger partial charge >= 0.3 is 5.97 Å². The molecule has 0 amide bonds. The predicted octanol–water partition coefficient (Wildman–Crippen LogP) is 5.32. The summed E-state index contributed by atoms with van der Waals surface area (Å²) in [5.74, 6) is 2.11. The van der Waals surface area contributed by atoms with Gasteiger partial charge in [0.15, 0.2) is 17.2 Å². The van der Waals surface area contributed by atoms with E-state index in [9.17, 15) is 4.79 Å². The van der Waals surface area contributed by atoms with Gasteiger partial charge in [-0.3, -0.25) is 9.69 Å². The molecule has 5 aliphatic rings. The number of carbonyl (C=O) groups excluding carboxylic acids is 1. The topological polar surface area (TPSA) is 63.6 Å². The monoisotopic (exact) mass is 527 g/mol. The third-order valence-corrected chi connectivity index (χ3v) is 8.97. The van der Waals surface area contributed by atoms with Crippen molar-refractivity contribution < 1.29 is 23.5 Å². The zero-order valence-corrected chi connectivity index (χ0v) is 23.4. The average Bonchev–Trinajstić information content (AvgIpc) is 3.79. The van der Waals surface area contributed by atoms with Crippen LogP contribution in [-0.4, -0.2) is 66.1 Å². The number of rotatable bonds is 8. The fourth-order valence-corrected chi connectivity index (χ4v) is 6.45. The van der Waals surface area contributed by atoms with E-state index in [1.807, 2.05) is 27.7 Å². The van der Waals surface area contributed by atoms with Crippen LogP contribution < -0.4 is 4.74 Å². The Kier molecular flexibility index (Phi) is 6.60. The number of likely N-dealkylation sites (tertiary alicyclic amines) is 2. The first-order chi connectivity index (χ1) is 18.2. The number of benzene rings is 1. The number of hydrogen-bond donors (Lipinski definition) is 0. The molecule has 8 heteroatoms. The van der Waals surface area contributed by atoms with Gasteiger partial charge in [-0.25, -0.2) is 4.39 Å². The number of ether oxygens (including phenoxy) is 2. The van der Waals surface area contributed by atoms with Crippen molar-refractivity contribution in [1.82, 2.24) is 9.80 Å². The van der Waals surface area contributed by atoms with Crippen LogP contribution in [0.15, 0.2) is 11.2 Å². The number of hydrogen-bond acceptors (Lipinski definition) is 7. The van der Waals surface area contributed by atoms with Gasteiger partial charge in [0, 0.05) is 38.3 Å². The van der Waals surface area contributed by atoms with Crippen molar-refractivity contribution in [1.29, 1.82) is 0 Å². The molecule has 38 heavy (non-hydrogen) atoms. The fraction of sp³-hybridized carbons (Fsp3) is 0.733. The van der Waals surface area contributed by atoms with Crippen molar-refractivity contribution in [2.24, 2.45) is 10.6 Å². The zero-order chi connectivity index (χ0) is 26.7. The third kappa shape index (κ3) is 4.89. The van der Waals surface area contributed by atoms with Gasteiger partial charge < -0.3 is 19.2 Å². The molecule has 3 heterocycles. The molecule has 0 atom stereocenters. The molecular formula is C30H42FN3O4. The molecule has 3 aliphatic heterocycles. The molecule has 0 bridgehead atoms. The Balaban J connectivity index is 1.09. The van der Waals surface area contributed by atoms with Crippen LogP contribution in [0.4, 0.5) is 4.39 Å². The summed E-state index contributed by atoms with van der Waals surface area (Å²) in [6.07, 6.45) is 6.72. The largest absolute Gasteiger partial charge is 0.488 e. The second-order valence-corrected chi connectivity index (χ2v) is 12.8. The Morgan fingerprint density at radius 1 is 1.18 bits per heavy atom. The van der Waals surface area contributed by atoms with Crippen LogP contribution in [0.1, 0.15) is 101 Å². The summed E-state index contributed by atoms with van der Waals surface area (Å²) < 4.78 is 27.3. The molecule has 1 aromatic rings. The van der Waals surface area contributed by atoms with Crippen LogP contribution in [0.2, 0.25) is 0 Å². The second-order valence-electron chi connectivity index (χ2n) is 12.8. The number of halogens is 1. The maximum absolute atomic E-state index is 15.9. The van der Waals surface area contributed by atoms with Gasteiger partial charge in [-0.15, -0.1) is 0 Å². The van der Waals surface area contributed by atoms with E-state index in [0.717, 1.165) is 75.2 Å². The lowest BCUT2D eigenvalue weighted by atomic mass is 9.80. The van der Waals surface area contributed by atoms with Gasteiger partial charge in [-0.2, -0.15) is 0 Å². The van der Waals surface area contributed by atoms with Gasteiger partial charge in [-0.05, 0) is 89.2 Å². The molecule has 0 N–H and O–H groups in total. The Labute approximate surface area is 225 Å². The van der Waals surface area contributed by atoms with Crippen LogP contribution in [0, 0.1) is 11.2 Å². The lowest BCUT2D eigenvalue weighted by Crippen LogP contribution is -2.61. The van der Waals surface area contributed by atoms with E-state index in [-0.39, 0.29) is 23.5 Å². The van der Waals surface area contributed by atoms with Crippen molar-refractivity contribution in [2.75, 3.05) is 32.8 Å². The van der Waals surface area contributed by atoms with Gasteiger partial charge in [0.1, 0.15) is 5.84 Å². The Hall–Kier alpha value is -2.35. The second kappa shape index (κ2) is 9.68. The number of amidine groups is 1. The van der Waals surface area contributed by atoms with Crippen LogP contribution in [0.5, 0.6) is 5.75 Å². The predicted molar refractivity (Wildman–Crippen MR) is 143 cm³/mol. The van der Waals surface area contributed by atoms with E-state index < -0.39 is 5.41 Å². The molecule has 208 valence electrons. The van der Waals surface area contributed by atoms with E-state index >= 15 is 4.39 Å². The third-order valence-electron chi connectivity index (χ3n) is 8.97. The highest BCUT2D eigenvalue weighted by Gasteiger charge is 2.52. The highest BCUT2D eigenvalue weighted by atomic mass is 19.1. The summed E-state index contributed by atoms with van der Waals surface area (Å²) >= 11 is 0. The number of nitrogens with zero attached hydrogens (tertiary/aromatic N) is 3. The average molecular weight is 528 g/mol. The van der Waals surface area contributed by atoms with Gasteiger partial charge in [-0.1, -0.05) is 11.2 Å². The minimum absolute atomic E-state index is 0.0748. The summed E-state index contributed by atoms with van der Waals surface area (Å²) in [5.41, 5.74) is 2.41. The van der Waals surface area contributed by atoms with Crippen molar-refractivity contribution in [3.8, 4) is 5.75 Å². The quantitative estimate of drug-likeness (QED) is 0.427. The van der Waals surface area contributed by atoms with E-state index in [1.54, 1.807) is 0 Å². The number of oxime groups is 1. The lowest BCUT2D eigenvalue weighted by Gasteiger charge is -2.46. The van der Waals surface area contributed by atoms with Crippen molar-refractivity contribution in [3.05, 3.63) is 28.6 Å². The molecular weight excluding hydrogens is 485 g/mol. The van der Waals surface area contributed by atoms with Crippen molar-refractivity contribution in [3.63, 3.8) is 0 Å². The summed E-state index contributed by atoms with van der Waals surface area (Å²) in [7, 11) is 0. The normalized spacial score (nSPS) is 24.3. The van der Waals surface area contributed by atoms with Crippen LogP contribution in [0.25, 0.3) is 0 Å². The van der Waals surface area contributed by atoms with Gasteiger partial charge in [0.05, 0.1) is 24.5 Å². The maximum atomic E-state index is 15.9. The van der Waals surface area contributed by atoms with Crippen molar-refractivity contribution >= 4 is 11.8 Å². The summed E-state index contributed by atoms with van der Waals surface area (Å²) in [5, 5.41) is 4.47. The zero-order valence-electron chi connectivity index (χ0n) is 23.4. The van der Waals surface area contributed by atoms with Crippen LogP contribution in [0.3, 0.4) is 0 Å². The van der Waals surface area contributed by atoms with E-state index in [2.05, 4.69) is 21.0 Å². The minimum Gasteiger partial charge on any atom is -0.488 e. The van der Waals surface area contributed by atoms with Gasteiger partial charge in [0.25, 0.3) is 0 Å². The molecule has 0 radical (unpaired) electrons. The Morgan fingerprint density at radius 3 is 2.47 bits per heavy atom. The molecule has 6 rings (SSSR count). The van der Waals surface area contributed by atoms with E-state index in [1.165, 1.54) is 18.4 Å². The Bertz CT molecular complexity index is 1110. The summed E-state index contributed by atoms with van der Waals surface area (Å²) in [4.78, 5) is 23.0. The summed E-state index contributed by atoms with van der Waals surface area (Å²) in [6.45, 7) is 12.0. The van der Waals surface area contributed by atoms with E-state index in [4.69, 9.17) is 14.3 Å². The molecule has 4 fully saturated rings. The van der Waals surface area contributed by atoms with E-state index in [0.29, 0.717) is 30.7 Å². The first kappa shape index (κ1) is 25.9. The molecule has 2 aliphatic carbocycles. The first-order valence-corrected chi connectivity index (χ1v) is 14.6. The van der Waals surface area contributed by atoms with Crippen molar-refractivity contribution in [2.45, 2.75) is 103 Å². The molecule has 1 spiro atoms. The highest BCUT2D eigenvalue weighted by molar-refractivity contribution is 5.85. The smallest absolute Gasteiger partial charge is 0.311 e. The van der Waals surface area contributed by atoms with Gasteiger partial charge in [0.2, 0.25) is 0 Å².